The molecule has 0 heterocycles. The van der Waals surface area contributed by atoms with Gasteiger partial charge in [-0.05, 0) is 30.7 Å². The lowest BCUT2D eigenvalue weighted by atomic mass is 9.89. The molecule has 0 radical (unpaired) electrons. The Hall–Kier alpha value is -1.51. The van der Waals surface area contributed by atoms with E-state index in [0.29, 0.717) is 12.5 Å². The van der Waals surface area contributed by atoms with Gasteiger partial charge in [0, 0.05) is 6.54 Å². The fourth-order valence-electron chi connectivity index (χ4n) is 2.45. The molecule has 0 unspecified atom stereocenters. The molecular weight excluding hydrogens is 226 g/mol. The minimum atomic E-state index is -0.294. The number of carbonyl (C=O) groups is 1. The highest BCUT2D eigenvalue weighted by Crippen LogP contribution is 2.25. The summed E-state index contributed by atoms with van der Waals surface area (Å²) >= 11 is 0. The van der Waals surface area contributed by atoms with Gasteiger partial charge in [-0.3, -0.25) is 0 Å². The van der Waals surface area contributed by atoms with Crippen LogP contribution in [0.1, 0.15) is 38.2 Å². The highest BCUT2D eigenvalue weighted by molar-refractivity contribution is 5.67. The van der Waals surface area contributed by atoms with Gasteiger partial charge in [-0.25, -0.2) is 4.79 Å². The van der Waals surface area contributed by atoms with Crippen molar-refractivity contribution >= 4 is 6.09 Å². The van der Waals surface area contributed by atoms with Gasteiger partial charge >= 0.3 is 6.09 Å². The van der Waals surface area contributed by atoms with E-state index in [2.05, 4.69) is 12.2 Å². The minimum absolute atomic E-state index is 0.101. The van der Waals surface area contributed by atoms with Crippen molar-refractivity contribution in [2.45, 2.75) is 45.3 Å². The summed E-state index contributed by atoms with van der Waals surface area (Å²) in [5.41, 5.74) is 1.09. The van der Waals surface area contributed by atoms with Gasteiger partial charge in [0.15, 0.2) is 0 Å². The summed E-state index contributed by atoms with van der Waals surface area (Å²) < 4.78 is 5.43. The Morgan fingerprint density at radius 2 is 2.11 bits per heavy atom. The quantitative estimate of drug-likeness (QED) is 0.888. The standard InChI is InChI=1S/C15H21NO2/c1-12-6-5-9-14(10-12)18-15(17)16-11-13-7-3-2-4-8-13/h2-4,7-8,12,14H,5-6,9-11H2,1H3,(H,16,17)/t12-,14+/m1/s1. The maximum absolute atomic E-state index is 11.7. The van der Waals surface area contributed by atoms with Crippen molar-refractivity contribution < 1.29 is 9.53 Å². The largest absolute Gasteiger partial charge is 0.446 e. The number of carbonyl (C=O) groups excluding carboxylic acids is 1. The molecule has 1 fully saturated rings. The molecule has 1 aromatic rings. The molecule has 0 aliphatic heterocycles. The molecule has 98 valence electrons. The van der Waals surface area contributed by atoms with Gasteiger partial charge in [0.05, 0.1) is 0 Å². The molecule has 1 aliphatic carbocycles. The topological polar surface area (TPSA) is 38.3 Å². The molecule has 3 heteroatoms. The van der Waals surface area contributed by atoms with Crippen molar-refractivity contribution in [2.24, 2.45) is 5.92 Å². The Bertz CT molecular complexity index is 377. The average molecular weight is 247 g/mol. The molecule has 1 N–H and O–H groups in total. The van der Waals surface area contributed by atoms with E-state index in [9.17, 15) is 4.79 Å². The molecule has 0 spiro atoms. The van der Waals surface area contributed by atoms with Crippen molar-refractivity contribution in [1.82, 2.24) is 5.32 Å². The predicted octanol–water partition coefficient (Wildman–Crippen LogP) is 3.49. The summed E-state index contributed by atoms with van der Waals surface area (Å²) in [5, 5.41) is 2.80. The van der Waals surface area contributed by atoms with Crippen LogP contribution in [0.5, 0.6) is 0 Å². The van der Waals surface area contributed by atoms with Crippen LogP contribution in [0.4, 0.5) is 4.79 Å². The number of amides is 1. The van der Waals surface area contributed by atoms with Crippen LogP contribution in [0.3, 0.4) is 0 Å². The lowest BCUT2D eigenvalue weighted by Crippen LogP contribution is -2.31. The molecule has 0 aromatic heterocycles. The molecule has 2 rings (SSSR count). The maximum Gasteiger partial charge on any atom is 0.407 e. The van der Waals surface area contributed by atoms with Crippen LogP contribution in [0.2, 0.25) is 0 Å². The van der Waals surface area contributed by atoms with Gasteiger partial charge in [-0.15, -0.1) is 0 Å². The Morgan fingerprint density at radius 3 is 2.83 bits per heavy atom. The lowest BCUT2D eigenvalue weighted by Gasteiger charge is -2.26. The number of alkyl carbamates (subject to hydrolysis) is 1. The Labute approximate surface area is 109 Å². The van der Waals surface area contributed by atoms with Gasteiger partial charge in [-0.1, -0.05) is 43.7 Å². The van der Waals surface area contributed by atoms with Crippen molar-refractivity contribution in [1.29, 1.82) is 0 Å². The van der Waals surface area contributed by atoms with Crippen LogP contribution in [0, 0.1) is 5.92 Å². The number of hydrogen-bond donors (Lipinski definition) is 1. The molecule has 0 bridgehead atoms. The van der Waals surface area contributed by atoms with E-state index in [0.717, 1.165) is 24.8 Å². The van der Waals surface area contributed by atoms with Crippen LogP contribution in [-0.2, 0) is 11.3 Å². The summed E-state index contributed by atoms with van der Waals surface area (Å²) in [5.74, 6) is 0.672. The molecule has 1 aliphatic rings. The van der Waals surface area contributed by atoms with Crippen molar-refractivity contribution in [3.63, 3.8) is 0 Å². The third-order valence-corrected chi connectivity index (χ3v) is 3.44. The monoisotopic (exact) mass is 247 g/mol. The highest BCUT2D eigenvalue weighted by atomic mass is 16.6. The first-order valence-corrected chi connectivity index (χ1v) is 6.72. The zero-order chi connectivity index (χ0) is 12.8. The molecule has 1 saturated carbocycles. The molecule has 2 atom stereocenters. The van der Waals surface area contributed by atoms with Crippen molar-refractivity contribution in [3.05, 3.63) is 35.9 Å². The zero-order valence-electron chi connectivity index (χ0n) is 10.9. The lowest BCUT2D eigenvalue weighted by molar-refractivity contribution is 0.0621. The van der Waals surface area contributed by atoms with E-state index in [1.165, 1.54) is 6.42 Å². The second-order valence-electron chi connectivity index (χ2n) is 5.14. The molecule has 18 heavy (non-hydrogen) atoms. The smallest absolute Gasteiger partial charge is 0.407 e. The molecule has 1 aromatic carbocycles. The first kappa shape index (κ1) is 12.9. The van der Waals surface area contributed by atoms with Gasteiger partial charge in [0.25, 0.3) is 0 Å². The first-order valence-electron chi connectivity index (χ1n) is 6.72. The van der Waals surface area contributed by atoms with Crippen molar-refractivity contribution in [2.75, 3.05) is 0 Å². The number of benzene rings is 1. The summed E-state index contributed by atoms with van der Waals surface area (Å²) in [6.07, 6.45) is 4.23. The number of hydrogen-bond acceptors (Lipinski definition) is 2. The fourth-order valence-corrected chi connectivity index (χ4v) is 2.45. The second kappa shape index (κ2) is 6.43. The maximum atomic E-state index is 11.7. The van der Waals surface area contributed by atoms with Crippen LogP contribution >= 0.6 is 0 Å². The minimum Gasteiger partial charge on any atom is -0.446 e. The first-order chi connectivity index (χ1) is 8.74. The van der Waals surface area contributed by atoms with Gasteiger partial charge in [0.2, 0.25) is 0 Å². The number of rotatable bonds is 3. The predicted molar refractivity (Wildman–Crippen MR) is 71.2 cm³/mol. The van der Waals surface area contributed by atoms with E-state index < -0.39 is 0 Å². The van der Waals surface area contributed by atoms with E-state index in [4.69, 9.17) is 4.74 Å². The second-order valence-corrected chi connectivity index (χ2v) is 5.14. The number of nitrogens with one attached hydrogen (secondary N) is 1. The molecule has 0 saturated heterocycles. The van der Waals surface area contributed by atoms with Gasteiger partial charge in [0.1, 0.15) is 6.10 Å². The highest BCUT2D eigenvalue weighted by Gasteiger charge is 2.21. The molecule has 1 amide bonds. The zero-order valence-corrected chi connectivity index (χ0v) is 10.9. The Balaban J connectivity index is 1.72. The van der Waals surface area contributed by atoms with Crippen molar-refractivity contribution in [3.8, 4) is 0 Å². The Kier molecular flexibility index (Phi) is 4.62. The Morgan fingerprint density at radius 1 is 1.33 bits per heavy atom. The van der Waals surface area contributed by atoms with E-state index in [1.54, 1.807) is 0 Å². The molecule has 3 nitrogen and oxygen atoms in total. The van der Waals surface area contributed by atoms with E-state index >= 15 is 0 Å². The van der Waals surface area contributed by atoms with E-state index in [1.807, 2.05) is 30.3 Å². The summed E-state index contributed by atoms with van der Waals surface area (Å²) in [6.45, 7) is 2.75. The fraction of sp³-hybridized carbons (Fsp3) is 0.533. The van der Waals surface area contributed by atoms with E-state index in [-0.39, 0.29) is 12.2 Å². The third-order valence-electron chi connectivity index (χ3n) is 3.44. The summed E-state index contributed by atoms with van der Waals surface area (Å²) in [6, 6.07) is 9.87. The summed E-state index contributed by atoms with van der Waals surface area (Å²) in [7, 11) is 0. The average Bonchev–Trinajstić information content (AvgIpc) is 2.38. The third kappa shape index (κ3) is 4.06. The van der Waals surface area contributed by atoms with Gasteiger partial charge < -0.3 is 10.1 Å². The SMILES string of the molecule is C[C@@H]1CCC[C@H](OC(=O)NCc2ccccc2)C1. The summed E-state index contributed by atoms with van der Waals surface area (Å²) in [4.78, 5) is 11.7. The molecular formula is C15H21NO2. The van der Waals surface area contributed by atoms with Crippen LogP contribution in [-0.4, -0.2) is 12.2 Å². The van der Waals surface area contributed by atoms with Crippen LogP contribution in [0.15, 0.2) is 30.3 Å². The van der Waals surface area contributed by atoms with Crippen LogP contribution < -0.4 is 5.32 Å². The normalized spacial score (nSPS) is 23.4. The number of ether oxygens (including phenoxy) is 1. The van der Waals surface area contributed by atoms with Gasteiger partial charge in [-0.2, -0.15) is 0 Å². The van der Waals surface area contributed by atoms with Crippen LogP contribution in [0.25, 0.3) is 0 Å².